The molecule has 17 nitrogen and oxygen atoms in total. The molecule has 0 fully saturated rings. The summed E-state index contributed by atoms with van der Waals surface area (Å²) in [5, 5.41) is 25.7. The molecule has 18 heteroatoms. The van der Waals surface area contributed by atoms with Gasteiger partial charge in [0.25, 0.3) is 5.56 Å². The van der Waals surface area contributed by atoms with Gasteiger partial charge in [0.15, 0.2) is 5.60 Å². The first-order valence-corrected chi connectivity index (χ1v) is 24.8. The summed E-state index contributed by atoms with van der Waals surface area (Å²) in [6.45, 7) is 2.36. The van der Waals surface area contributed by atoms with Gasteiger partial charge in [-0.15, -0.1) is 0 Å². The van der Waals surface area contributed by atoms with Crippen LogP contribution in [0.4, 0.5) is 9.18 Å². The maximum atomic E-state index is 15.4. The predicted octanol–water partition coefficient (Wildman–Crippen LogP) is 4.91. The van der Waals surface area contributed by atoms with E-state index in [9.17, 15) is 38.7 Å². The Morgan fingerprint density at radius 2 is 1.58 bits per heavy atom. The first-order valence-electron chi connectivity index (χ1n) is 24.8. The molecule has 5 amide bonds. The number of ether oxygens (including phenoxy) is 2. The van der Waals surface area contributed by atoms with Gasteiger partial charge >= 0.3 is 12.1 Å². The summed E-state index contributed by atoms with van der Waals surface area (Å²) >= 11 is 0. The molecule has 380 valence electrons. The minimum absolute atomic E-state index is 0.0182. The molecule has 0 bridgehead atoms. The lowest BCUT2D eigenvalue weighted by Gasteiger charge is -2.31. The molecule has 2 aliphatic carbocycles. The van der Waals surface area contributed by atoms with Gasteiger partial charge in [0.05, 0.1) is 41.6 Å². The number of carbonyl (C=O) groups excluding carboxylic acids is 6. The van der Waals surface area contributed by atoms with E-state index in [2.05, 4.69) is 26.6 Å². The van der Waals surface area contributed by atoms with E-state index in [0.717, 1.165) is 38.9 Å². The molecule has 2 aromatic heterocycles. The number of halogens is 1. The quantitative estimate of drug-likeness (QED) is 0.0562. The van der Waals surface area contributed by atoms with E-state index < -0.39 is 71.9 Å². The number of rotatable bonds is 16. The first-order chi connectivity index (χ1) is 35.7. The van der Waals surface area contributed by atoms with E-state index in [-0.39, 0.29) is 74.9 Å². The van der Waals surface area contributed by atoms with Crippen LogP contribution in [0.5, 0.6) is 0 Å². The number of pyridine rings is 2. The van der Waals surface area contributed by atoms with Crippen LogP contribution in [0.1, 0.15) is 94.6 Å². The highest BCUT2D eigenvalue weighted by atomic mass is 19.1. The standard InChI is InChI=1S/C56H54FN7O10/c1-3-56(72)40-23-45-51-37(27-64(45)53(69)39(40)29-73-54(56)70)50-42(20-19-32-30(2)41(57)24-43(63-51)49(32)50)61-46(65)18-11-21-58-52(68)44(22-31-12-5-4-6-13-31)62-48(67)26-59-47(66)25-60-55(71)74-28-38-35-16-9-7-14-33(35)34-15-8-10-17-36(34)38/h4-10,12-17,23-24,38,42,44,72H,3,11,18-22,25-29H2,1-2H3,(H,58,68)(H,59,66)(H,60,71)(H,61,65)(H,62,67)/t42-,44-,56-/m0/s1. The van der Waals surface area contributed by atoms with Crippen LogP contribution in [-0.2, 0) is 65.0 Å². The van der Waals surface area contributed by atoms with E-state index >= 15 is 4.39 Å². The van der Waals surface area contributed by atoms with Gasteiger partial charge < -0.3 is 45.7 Å². The predicted molar refractivity (Wildman–Crippen MR) is 269 cm³/mol. The third kappa shape index (κ3) is 9.25. The molecule has 3 atom stereocenters. The Kier molecular flexibility index (Phi) is 13.6. The highest BCUT2D eigenvalue weighted by Gasteiger charge is 2.46. The lowest BCUT2D eigenvalue weighted by molar-refractivity contribution is -0.172. The second-order valence-electron chi connectivity index (χ2n) is 19.1. The van der Waals surface area contributed by atoms with Gasteiger partial charge in [-0.25, -0.2) is 19.0 Å². The van der Waals surface area contributed by atoms with Crippen molar-refractivity contribution in [2.45, 2.75) is 89.1 Å². The zero-order chi connectivity index (χ0) is 51.8. The maximum Gasteiger partial charge on any atom is 0.407 e. The van der Waals surface area contributed by atoms with Crippen molar-refractivity contribution in [3.8, 4) is 22.5 Å². The average Bonchev–Trinajstić information content (AvgIpc) is 3.96. The molecule has 4 aliphatic rings. The average molecular weight is 1000 g/mol. The van der Waals surface area contributed by atoms with E-state index in [1.807, 2.05) is 66.7 Å². The minimum Gasteiger partial charge on any atom is -0.458 e. The number of nitrogens with zero attached hydrogens (tertiary/aromatic N) is 2. The number of esters is 1. The van der Waals surface area contributed by atoms with Gasteiger partial charge in [0.2, 0.25) is 23.6 Å². The zero-order valence-corrected chi connectivity index (χ0v) is 40.8. The number of hydrogen-bond acceptors (Lipinski definition) is 11. The Morgan fingerprint density at radius 3 is 2.31 bits per heavy atom. The van der Waals surface area contributed by atoms with Crippen molar-refractivity contribution in [2.75, 3.05) is 26.2 Å². The fraction of sp³-hybridized carbons (Fsp3) is 0.321. The van der Waals surface area contributed by atoms with Crippen LogP contribution < -0.4 is 32.1 Å². The van der Waals surface area contributed by atoms with Gasteiger partial charge in [-0.05, 0) is 83.2 Å². The van der Waals surface area contributed by atoms with Crippen LogP contribution in [0.2, 0.25) is 0 Å². The van der Waals surface area contributed by atoms with E-state index in [0.29, 0.717) is 46.3 Å². The molecule has 4 aromatic carbocycles. The van der Waals surface area contributed by atoms with E-state index in [4.69, 9.17) is 14.5 Å². The molecular weight excluding hydrogens is 950 g/mol. The van der Waals surface area contributed by atoms with Gasteiger partial charge in [0.1, 0.15) is 31.6 Å². The third-order valence-electron chi connectivity index (χ3n) is 14.7. The number of aliphatic hydroxyl groups is 1. The second kappa shape index (κ2) is 20.3. The molecule has 74 heavy (non-hydrogen) atoms. The number of aromatic nitrogens is 2. The molecule has 0 saturated carbocycles. The number of nitrogens with one attached hydrogen (secondary N) is 5. The second-order valence-corrected chi connectivity index (χ2v) is 19.1. The van der Waals surface area contributed by atoms with Crippen LogP contribution in [0.25, 0.3) is 33.4 Å². The van der Waals surface area contributed by atoms with E-state index in [1.54, 1.807) is 32.0 Å². The fourth-order valence-corrected chi connectivity index (χ4v) is 10.9. The van der Waals surface area contributed by atoms with Crippen molar-refractivity contribution in [3.05, 3.63) is 157 Å². The molecule has 0 saturated heterocycles. The number of amides is 5. The Bertz CT molecular complexity index is 3320. The molecule has 6 N–H and O–H groups in total. The molecule has 0 radical (unpaired) electrons. The van der Waals surface area contributed by atoms with Gasteiger partial charge in [0, 0.05) is 47.9 Å². The Morgan fingerprint density at radius 1 is 0.878 bits per heavy atom. The summed E-state index contributed by atoms with van der Waals surface area (Å²) in [7, 11) is 0. The summed E-state index contributed by atoms with van der Waals surface area (Å²) in [5.74, 6) is -3.54. The lowest BCUT2D eigenvalue weighted by atomic mass is 9.81. The fourth-order valence-electron chi connectivity index (χ4n) is 10.9. The monoisotopic (exact) mass is 1000 g/mol. The summed E-state index contributed by atoms with van der Waals surface area (Å²) < 4.78 is 27.7. The Labute approximate surface area is 424 Å². The van der Waals surface area contributed by atoms with Crippen molar-refractivity contribution in [1.82, 2.24) is 36.1 Å². The molecule has 0 spiro atoms. The van der Waals surface area contributed by atoms with Crippen molar-refractivity contribution in [1.29, 1.82) is 0 Å². The van der Waals surface area contributed by atoms with Gasteiger partial charge in [-0.2, -0.15) is 0 Å². The number of alkyl carbamates (subject to hydrolysis) is 1. The maximum absolute atomic E-state index is 15.4. The van der Waals surface area contributed by atoms with Crippen molar-refractivity contribution < 1.29 is 47.7 Å². The SMILES string of the molecule is CC[C@@]1(O)C(=O)OCc2c1cc1n(c2=O)Cc2c-1nc1cc(F)c(C)c3c1c2[C@@H](NC(=O)CCCNC(=O)[C@H](Cc1ccccc1)NC(=O)CNC(=O)CNC(=O)OCC1c2ccccc2-c2ccccc21)CC3. The number of hydrogen-bond donors (Lipinski definition) is 6. The van der Waals surface area contributed by atoms with Crippen LogP contribution in [0, 0.1) is 12.7 Å². The number of carbonyl (C=O) groups is 6. The largest absolute Gasteiger partial charge is 0.458 e. The van der Waals surface area contributed by atoms with E-state index in [1.165, 1.54) is 10.6 Å². The number of cyclic esters (lactones) is 1. The summed E-state index contributed by atoms with van der Waals surface area (Å²) in [6.07, 6.45) is 0.459. The smallest absolute Gasteiger partial charge is 0.407 e. The highest BCUT2D eigenvalue weighted by molar-refractivity contribution is 5.94. The van der Waals surface area contributed by atoms with Gasteiger partial charge in [-0.1, -0.05) is 85.8 Å². The summed E-state index contributed by atoms with van der Waals surface area (Å²) in [4.78, 5) is 97.5. The Balaban J connectivity index is 0.742. The summed E-state index contributed by atoms with van der Waals surface area (Å²) in [6, 6.07) is 26.3. The topological polar surface area (TPSA) is 236 Å². The lowest BCUT2D eigenvalue weighted by Crippen LogP contribution is -2.51. The molecule has 10 rings (SSSR count). The third-order valence-corrected chi connectivity index (χ3v) is 14.7. The number of aryl methyl sites for hydroxylation is 1. The number of fused-ring (bicyclic) bond motifs is 8. The minimum atomic E-state index is -2.03. The van der Waals surface area contributed by atoms with Crippen molar-refractivity contribution in [2.24, 2.45) is 0 Å². The highest BCUT2D eigenvalue weighted by Crippen LogP contribution is 2.47. The molecular formula is C56H54FN7O10. The molecule has 2 aliphatic heterocycles. The molecule has 0 unspecified atom stereocenters. The van der Waals surface area contributed by atoms with Crippen LogP contribution in [0.3, 0.4) is 0 Å². The molecule has 6 aromatic rings. The molecule has 4 heterocycles. The van der Waals surface area contributed by atoms with Crippen molar-refractivity contribution >= 4 is 46.6 Å². The van der Waals surface area contributed by atoms with Crippen molar-refractivity contribution in [3.63, 3.8) is 0 Å². The van der Waals surface area contributed by atoms with Crippen LogP contribution in [0.15, 0.2) is 95.8 Å². The number of benzene rings is 4. The normalized spacial score (nSPS) is 17.1. The Hall–Kier alpha value is -8.25. The first kappa shape index (κ1) is 49.3. The van der Waals surface area contributed by atoms with Crippen LogP contribution in [-0.4, -0.2) is 82.6 Å². The van der Waals surface area contributed by atoms with Gasteiger partial charge in [-0.3, -0.25) is 24.0 Å². The summed E-state index contributed by atoms with van der Waals surface area (Å²) in [5.41, 5.74) is 6.62. The zero-order valence-electron chi connectivity index (χ0n) is 40.8. The van der Waals surface area contributed by atoms with Crippen LogP contribution >= 0.6 is 0 Å².